The van der Waals surface area contributed by atoms with Gasteiger partial charge in [0.2, 0.25) is 10.0 Å². The molecule has 8 heteroatoms. The summed E-state index contributed by atoms with van der Waals surface area (Å²) in [6, 6.07) is 4.12. The molecule has 0 bridgehead atoms. The molecule has 1 aromatic rings. The Morgan fingerprint density at radius 1 is 1.35 bits per heavy atom. The number of nitrogens with zero attached hydrogens (tertiary/aromatic N) is 1. The zero-order valence-corrected chi connectivity index (χ0v) is 12.5. The van der Waals surface area contributed by atoms with Crippen LogP contribution in [0.25, 0.3) is 0 Å². The van der Waals surface area contributed by atoms with Crippen LogP contribution in [0.15, 0.2) is 23.1 Å². The van der Waals surface area contributed by atoms with Gasteiger partial charge in [0, 0.05) is 20.1 Å². The van der Waals surface area contributed by atoms with Crippen LogP contribution in [-0.4, -0.2) is 52.0 Å². The lowest BCUT2D eigenvalue weighted by Crippen LogP contribution is -2.40. The molecule has 0 aromatic heterocycles. The standard InChI is InChI=1S/C12H15ClN2O4S/c1-14-12(16)10-8-9(2-3-11(10)13)20(17,18)15-4-6-19-7-5-15/h2-3,8H,4-7H2,1H3,(H,14,16). The molecule has 1 aliphatic heterocycles. The van der Waals surface area contributed by atoms with E-state index in [-0.39, 0.29) is 15.5 Å². The Morgan fingerprint density at radius 3 is 2.60 bits per heavy atom. The fraction of sp³-hybridized carbons (Fsp3) is 0.417. The number of amides is 1. The van der Waals surface area contributed by atoms with Gasteiger partial charge in [0.25, 0.3) is 5.91 Å². The van der Waals surface area contributed by atoms with Crippen molar-refractivity contribution in [2.45, 2.75) is 4.90 Å². The molecule has 1 amide bonds. The van der Waals surface area contributed by atoms with E-state index in [2.05, 4.69) is 5.32 Å². The second-order valence-corrected chi connectivity index (χ2v) is 6.58. The minimum absolute atomic E-state index is 0.0578. The summed E-state index contributed by atoms with van der Waals surface area (Å²) < 4.78 is 31.4. The Labute approximate surface area is 122 Å². The molecular weight excluding hydrogens is 304 g/mol. The lowest BCUT2D eigenvalue weighted by atomic mass is 10.2. The fourth-order valence-corrected chi connectivity index (χ4v) is 3.55. The summed E-state index contributed by atoms with van der Waals surface area (Å²) in [6.45, 7) is 1.35. The summed E-state index contributed by atoms with van der Waals surface area (Å²) in [5.74, 6) is -0.422. The van der Waals surface area contributed by atoms with Crippen molar-refractivity contribution >= 4 is 27.5 Å². The van der Waals surface area contributed by atoms with E-state index >= 15 is 0 Å². The molecule has 0 unspecified atom stereocenters. The highest BCUT2D eigenvalue weighted by Gasteiger charge is 2.27. The zero-order valence-electron chi connectivity index (χ0n) is 10.9. The van der Waals surface area contributed by atoms with Crippen LogP contribution in [0.2, 0.25) is 5.02 Å². The largest absolute Gasteiger partial charge is 0.379 e. The Morgan fingerprint density at radius 2 is 2.00 bits per heavy atom. The number of hydrogen-bond donors (Lipinski definition) is 1. The summed E-state index contributed by atoms with van der Waals surface area (Å²) in [4.78, 5) is 11.7. The molecule has 1 fully saturated rings. The summed E-state index contributed by atoms with van der Waals surface area (Å²) >= 11 is 5.92. The summed E-state index contributed by atoms with van der Waals surface area (Å²) in [5.41, 5.74) is 0.142. The number of rotatable bonds is 3. The summed E-state index contributed by atoms with van der Waals surface area (Å²) in [7, 11) is -2.17. The molecule has 0 saturated carbocycles. The fourth-order valence-electron chi connectivity index (χ4n) is 1.91. The van der Waals surface area contributed by atoms with E-state index in [0.717, 1.165) is 0 Å². The van der Waals surface area contributed by atoms with E-state index in [1.165, 1.54) is 29.6 Å². The number of halogens is 1. The average Bonchev–Trinajstić information content (AvgIpc) is 2.47. The number of benzene rings is 1. The number of sulfonamides is 1. The Hall–Kier alpha value is -1.15. The predicted molar refractivity (Wildman–Crippen MR) is 74.4 cm³/mol. The van der Waals surface area contributed by atoms with E-state index in [9.17, 15) is 13.2 Å². The van der Waals surface area contributed by atoms with Crippen LogP contribution < -0.4 is 5.32 Å². The molecule has 0 aliphatic carbocycles. The Balaban J connectivity index is 2.39. The molecule has 1 N–H and O–H groups in total. The van der Waals surface area contributed by atoms with Gasteiger partial charge in [-0.3, -0.25) is 4.79 Å². The number of nitrogens with one attached hydrogen (secondary N) is 1. The lowest BCUT2D eigenvalue weighted by Gasteiger charge is -2.26. The molecular formula is C12H15ClN2O4S. The SMILES string of the molecule is CNC(=O)c1cc(S(=O)(=O)N2CCOCC2)ccc1Cl. The average molecular weight is 319 g/mol. The number of hydrogen-bond acceptors (Lipinski definition) is 4. The third-order valence-corrected chi connectivity index (χ3v) is 5.24. The van der Waals surface area contributed by atoms with Gasteiger partial charge in [-0.05, 0) is 18.2 Å². The van der Waals surface area contributed by atoms with Crippen LogP contribution in [0, 0.1) is 0 Å². The highest BCUT2D eigenvalue weighted by molar-refractivity contribution is 7.89. The van der Waals surface area contributed by atoms with E-state index in [1.54, 1.807) is 0 Å². The molecule has 1 aromatic carbocycles. The molecule has 1 aliphatic rings. The maximum absolute atomic E-state index is 12.5. The van der Waals surface area contributed by atoms with E-state index in [1.807, 2.05) is 0 Å². The molecule has 0 radical (unpaired) electrons. The minimum Gasteiger partial charge on any atom is -0.379 e. The van der Waals surface area contributed by atoms with Crippen molar-refractivity contribution in [3.63, 3.8) is 0 Å². The third-order valence-electron chi connectivity index (χ3n) is 3.02. The first-order valence-corrected chi connectivity index (χ1v) is 7.88. The number of ether oxygens (including phenoxy) is 1. The van der Waals surface area contributed by atoms with Crippen molar-refractivity contribution in [1.82, 2.24) is 9.62 Å². The second-order valence-electron chi connectivity index (χ2n) is 4.24. The summed E-state index contributed by atoms with van der Waals surface area (Å²) in [6.07, 6.45) is 0. The number of morpholine rings is 1. The second kappa shape index (κ2) is 6.09. The molecule has 0 spiro atoms. The van der Waals surface area contributed by atoms with Gasteiger partial charge in [0.05, 0.1) is 28.7 Å². The van der Waals surface area contributed by atoms with E-state index < -0.39 is 15.9 Å². The van der Waals surface area contributed by atoms with Crippen molar-refractivity contribution < 1.29 is 17.9 Å². The van der Waals surface area contributed by atoms with Crippen molar-refractivity contribution in [1.29, 1.82) is 0 Å². The van der Waals surface area contributed by atoms with Gasteiger partial charge in [-0.15, -0.1) is 0 Å². The minimum atomic E-state index is -3.63. The van der Waals surface area contributed by atoms with Crippen LogP contribution in [0.3, 0.4) is 0 Å². The van der Waals surface area contributed by atoms with Gasteiger partial charge in [0.15, 0.2) is 0 Å². The third kappa shape index (κ3) is 2.95. The van der Waals surface area contributed by atoms with E-state index in [0.29, 0.717) is 26.3 Å². The normalized spacial score (nSPS) is 16.9. The van der Waals surface area contributed by atoms with Crippen LogP contribution in [0.1, 0.15) is 10.4 Å². The van der Waals surface area contributed by atoms with Gasteiger partial charge in [-0.2, -0.15) is 4.31 Å². The predicted octanol–water partition coefficient (Wildman–Crippen LogP) is 0.721. The van der Waals surface area contributed by atoms with Crippen molar-refractivity contribution in [3.05, 3.63) is 28.8 Å². The first kappa shape index (κ1) is 15.2. The maximum atomic E-state index is 12.5. The quantitative estimate of drug-likeness (QED) is 0.891. The van der Waals surface area contributed by atoms with Gasteiger partial charge in [0.1, 0.15) is 0 Å². The molecule has 110 valence electrons. The monoisotopic (exact) mass is 318 g/mol. The summed E-state index contributed by atoms with van der Waals surface area (Å²) in [5, 5.41) is 2.64. The molecule has 1 saturated heterocycles. The number of carbonyl (C=O) groups is 1. The lowest BCUT2D eigenvalue weighted by molar-refractivity contribution is 0.0730. The Kier molecular flexibility index (Phi) is 4.64. The van der Waals surface area contributed by atoms with Crippen LogP contribution in [0.5, 0.6) is 0 Å². The highest BCUT2D eigenvalue weighted by Crippen LogP contribution is 2.23. The zero-order chi connectivity index (χ0) is 14.8. The molecule has 1 heterocycles. The number of carbonyl (C=O) groups excluding carboxylic acids is 1. The maximum Gasteiger partial charge on any atom is 0.252 e. The first-order valence-electron chi connectivity index (χ1n) is 6.06. The van der Waals surface area contributed by atoms with E-state index in [4.69, 9.17) is 16.3 Å². The van der Waals surface area contributed by atoms with Gasteiger partial charge in [-0.1, -0.05) is 11.6 Å². The first-order chi connectivity index (χ1) is 9.46. The van der Waals surface area contributed by atoms with Crippen LogP contribution in [0.4, 0.5) is 0 Å². The topological polar surface area (TPSA) is 75.7 Å². The molecule has 0 atom stereocenters. The molecule has 20 heavy (non-hydrogen) atoms. The smallest absolute Gasteiger partial charge is 0.252 e. The van der Waals surface area contributed by atoms with Gasteiger partial charge in [-0.25, -0.2) is 8.42 Å². The van der Waals surface area contributed by atoms with Crippen LogP contribution >= 0.6 is 11.6 Å². The molecule has 6 nitrogen and oxygen atoms in total. The van der Waals surface area contributed by atoms with Gasteiger partial charge >= 0.3 is 0 Å². The van der Waals surface area contributed by atoms with Gasteiger partial charge < -0.3 is 10.1 Å². The van der Waals surface area contributed by atoms with Crippen molar-refractivity contribution in [2.75, 3.05) is 33.4 Å². The van der Waals surface area contributed by atoms with Crippen molar-refractivity contribution in [3.8, 4) is 0 Å². The highest BCUT2D eigenvalue weighted by atomic mass is 35.5. The van der Waals surface area contributed by atoms with Crippen LogP contribution in [-0.2, 0) is 14.8 Å². The Bertz CT molecular complexity index is 612. The van der Waals surface area contributed by atoms with Crippen molar-refractivity contribution in [2.24, 2.45) is 0 Å². The molecule has 2 rings (SSSR count).